The lowest BCUT2D eigenvalue weighted by Crippen LogP contribution is -2.18. The lowest BCUT2D eigenvalue weighted by Gasteiger charge is -2.10. The van der Waals surface area contributed by atoms with Crippen molar-refractivity contribution in [3.05, 3.63) is 0 Å². The molecule has 3 nitrogen and oxygen atoms in total. The number of hydrogen-bond acceptors (Lipinski definition) is 3. The summed E-state index contributed by atoms with van der Waals surface area (Å²) in [6, 6.07) is 0. The van der Waals surface area contributed by atoms with Crippen LogP contribution >= 0.6 is 0 Å². The van der Waals surface area contributed by atoms with Gasteiger partial charge in [-0.1, -0.05) is 0 Å². The van der Waals surface area contributed by atoms with E-state index in [0.717, 1.165) is 0 Å². The fourth-order valence-electron chi connectivity index (χ4n) is 0.601. The highest BCUT2D eigenvalue weighted by molar-refractivity contribution is 5.66. The molecular weight excluding hydrogens is 132 g/mol. The highest BCUT2D eigenvalue weighted by atomic mass is 16.6. The molecule has 0 bridgehead atoms. The van der Waals surface area contributed by atoms with Crippen LogP contribution in [0.2, 0.25) is 0 Å². The van der Waals surface area contributed by atoms with Crippen molar-refractivity contribution < 1.29 is 14.3 Å². The molecule has 0 N–H and O–H groups in total. The minimum Gasteiger partial charge on any atom is -0.460 e. The third-order valence-electron chi connectivity index (χ3n) is 0.924. The molecule has 0 aliphatic rings. The molecule has 10 heavy (non-hydrogen) atoms. The summed E-state index contributed by atoms with van der Waals surface area (Å²) < 4.78 is 9.81. The average molecular weight is 146 g/mol. The summed E-state index contributed by atoms with van der Waals surface area (Å²) in [7, 11) is 0. The Bertz CT molecular complexity index is 101. The lowest BCUT2D eigenvalue weighted by molar-refractivity contribution is -0.148. The molecule has 0 amide bonds. The number of rotatable bonds is 4. The van der Waals surface area contributed by atoms with Crippen LogP contribution in [0.25, 0.3) is 0 Å². The molecule has 0 fully saturated rings. The topological polar surface area (TPSA) is 35.5 Å². The van der Waals surface area contributed by atoms with Crippen LogP contribution in [0.5, 0.6) is 0 Å². The largest absolute Gasteiger partial charge is 0.460 e. The summed E-state index contributed by atoms with van der Waals surface area (Å²) in [6.45, 7) is 6.24. The number of carbonyl (C=O) groups is 1. The second-order valence-corrected chi connectivity index (χ2v) is 2.08. The molecule has 0 saturated carbocycles. The van der Waals surface area contributed by atoms with E-state index in [4.69, 9.17) is 9.47 Å². The van der Waals surface area contributed by atoms with Crippen molar-refractivity contribution in [2.75, 3.05) is 13.2 Å². The minimum atomic E-state index is -0.257. The van der Waals surface area contributed by atoms with Crippen molar-refractivity contribution in [3.8, 4) is 0 Å². The van der Waals surface area contributed by atoms with E-state index in [1.54, 1.807) is 6.92 Å². The Labute approximate surface area is 61.3 Å². The van der Waals surface area contributed by atoms with Crippen LogP contribution in [0.1, 0.15) is 20.8 Å². The Morgan fingerprint density at radius 1 is 1.60 bits per heavy atom. The predicted molar refractivity (Wildman–Crippen MR) is 37.7 cm³/mol. The fraction of sp³-hybridized carbons (Fsp3) is 0.857. The van der Waals surface area contributed by atoms with Gasteiger partial charge >= 0.3 is 5.97 Å². The van der Waals surface area contributed by atoms with E-state index in [1.807, 2.05) is 6.92 Å². The number of carbonyl (C=O) groups excluding carboxylic acids is 1. The van der Waals surface area contributed by atoms with Gasteiger partial charge in [0.2, 0.25) is 0 Å². The summed E-state index contributed by atoms with van der Waals surface area (Å²) in [5.74, 6) is -0.257. The molecule has 0 aromatic rings. The van der Waals surface area contributed by atoms with Gasteiger partial charge in [0.1, 0.15) is 6.10 Å². The quantitative estimate of drug-likeness (QED) is 0.554. The zero-order chi connectivity index (χ0) is 7.98. The van der Waals surface area contributed by atoms with Crippen molar-refractivity contribution in [2.24, 2.45) is 0 Å². The first-order chi connectivity index (χ1) is 4.66. The van der Waals surface area contributed by atoms with Gasteiger partial charge < -0.3 is 9.47 Å². The van der Waals surface area contributed by atoms with Gasteiger partial charge in [-0.15, -0.1) is 0 Å². The van der Waals surface area contributed by atoms with Crippen molar-refractivity contribution >= 4 is 5.97 Å². The van der Waals surface area contributed by atoms with Crippen LogP contribution < -0.4 is 0 Å². The Morgan fingerprint density at radius 2 is 2.20 bits per heavy atom. The Kier molecular flexibility index (Phi) is 4.94. The second-order valence-electron chi connectivity index (χ2n) is 2.08. The molecule has 0 rings (SSSR count). The third-order valence-corrected chi connectivity index (χ3v) is 0.924. The van der Waals surface area contributed by atoms with Gasteiger partial charge in [0.05, 0.1) is 6.61 Å². The van der Waals surface area contributed by atoms with E-state index in [0.29, 0.717) is 13.2 Å². The third kappa shape index (κ3) is 5.56. The normalized spacial score (nSPS) is 12.7. The maximum Gasteiger partial charge on any atom is 0.302 e. The molecule has 0 aliphatic carbocycles. The van der Waals surface area contributed by atoms with Crippen LogP contribution in [0, 0.1) is 0 Å². The Balaban J connectivity index is 3.25. The highest BCUT2D eigenvalue weighted by Crippen LogP contribution is 1.91. The van der Waals surface area contributed by atoms with E-state index < -0.39 is 0 Å². The maximum absolute atomic E-state index is 10.3. The first kappa shape index (κ1) is 9.43. The zero-order valence-corrected chi connectivity index (χ0v) is 6.72. The van der Waals surface area contributed by atoms with Gasteiger partial charge in [-0.2, -0.15) is 0 Å². The van der Waals surface area contributed by atoms with Crippen LogP contribution in [0.15, 0.2) is 0 Å². The van der Waals surface area contributed by atoms with E-state index in [-0.39, 0.29) is 12.1 Å². The Morgan fingerprint density at radius 3 is 2.60 bits per heavy atom. The summed E-state index contributed by atoms with van der Waals surface area (Å²) in [5.41, 5.74) is 0. The monoisotopic (exact) mass is 146 g/mol. The van der Waals surface area contributed by atoms with Crippen molar-refractivity contribution in [2.45, 2.75) is 26.9 Å². The van der Waals surface area contributed by atoms with E-state index >= 15 is 0 Å². The predicted octanol–water partition coefficient (Wildman–Crippen LogP) is 0.974. The molecular formula is C7H14O3. The smallest absolute Gasteiger partial charge is 0.302 e. The lowest BCUT2D eigenvalue weighted by atomic mass is 10.4. The number of hydrogen-bond donors (Lipinski definition) is 0. The van der Waals surface area contributed by atoms with Gasteiger partial charge in [0, 0.05) is 13.5 Å². The highest BCUT2D eigenvalue weighted by Gasteiger charge is 2.03. The second kappa shape index (κ2) is 5.23. The molecule has 0 aromatic heterocycles. The van der Waals surface area contributed by atoms with E-state index in [2.05, 4.69) is 0 Å². The standard InChI is InChI=1S/C7H14O3/c1-4-9-5-6(2)10-7(3)8/h6H,4-5H2,1-3H3. The molecule has 0 radical (unpaired) electrons. The van der Waals surface area contributed by atoms with Gasteiger partial charge in [0.25, 0.3) is 0 Å². The molecule has 1 unspecified atom stereocenters. The van der Waals surface area contributed by atoms with Crippen LogP contribution in [0.4, 0.5) is 0 Å². The average Bonchev–Trinajstić information content (AvgIpc) is 1.82. The van der Waals surface area contributed by atoms with Crippen molar-refractivity contribution in [3.63, 3.8) is 0 Å². The van der Waals surface area contributed by atoms with E-state index in [9.17, 15) is 4.79 Å². The molecule has 3 heteroatoms. The van der Waals surface area contributed by atoms with Gasteiger partial charge in [-0.05, 0) is 13.8 Å². The minimum absolute atomic E-state index is 0.127. The van der Waals surface area contributed by atoms with Gasteiger partial charge in [-0.3, -0.25) is 4.79 Å². The van der Waals surface area contributed by atoms with Crippen molar-refractivity contribution in [1.29, 1.82) is 0 Å². The van der Waals surface area contributed by atoms with Gasteiger partial charge in [-0.25, -0.2) is 0 Å². The zero-order valence-electron chi connectivity index (χ0n) is 6.72. The molecule has 1 atom stereocenters. The Hall–Kier alpha value is -0.570. The summed E-state index contributed by atoms with van der Waals surface area (Å²) in [5, 5.41) is 0. The van der Waals surface area contributed by atoms with Gasteiger partial charge in [0.15, 0.2) is 0 Å². The summed E-state index contributed by atoms with van der Waals surface area (Å²) in [6.07, 6.45) is -0.127. The molecule has 0 saturated heterocycles. The molecule has 0 aliphatic heterocycles. The SMILES string of the molecule is CCOCC(C)OC(C)=O. The molecule has 0 heterocycles. The molecule has 0 spiro atoms. The number of esters is 1. The molecule has 0 aromatic carbocycles. The maximum atomic E-state index is 10.3. The molecule has 60 valence electrons. The van der Waals surface area contributed by atoms with Crippen molar-refractivity contribution in [1.82, 2.24) is 0 Å². The summed E-state index contributed by atoms with van der Waals surface area (Å²) >= 11 is 0. The first-order valence-corrected chi connectivity index (χ1v) is 3.41. The van der Waals surface area contributed by atoms with Crippen LogP contribution in [0.3, 0.4) is 0 Å². The van der Waals surface area contributed by atoms with Crippen LogP contribution in [-0.2, 0) is 14.3 Å². The number of ether oxygens (including phenoxy) is 2. The van der Waals surface area contributed by atoms with Crippen LogP contribution in [-0.4, -0.2) is 25.3 Å². The fourth-order valence-corrected chi connectivity index (χ4v) is 0.601. The first-order valence-electron chi connectivity index (χ1n) is 3.41. The summed E-state index contributed by atoms with van der Waals surface area (Å²) in [4.78, 5) is 10.3. The van der Waals surface area contributed by atoms with E-state index in [1.165, 1.54) is 6.92 Å².